The van der Waals surface area contributed by atoms with E-state index in [4.69, 9.17) is 9.47 Å². The third-order valence-electron chi connectivity index (χ3n) is 4.28. The van der Waals surface area contributed by atoms with E-state index in [2.05, 4.69) is 20.9 Å². The molecule has 0 heterocycles. The van der Waals surface area contributed by atoms with Crippen LogP contribution >= 0.6 is 0 Å². The summed E-state index contributed by atoms with van der Waals surface area (Å²) in [5.74, 6) is -2.00. The molecule has 2 N–H and O–H groups in total. The molecule has 2 aromatic carbocycles. The second-order valence-corrected chi connectivity index (χ2v) is 6.74. The van der Waals surface area contributed by atoms with Crippen LogP contribution in [0, 0.1) is 26.0 Å². The van der Waals surface area contributed by atoms with Crippen LogP contribution in [0.15, 0.2) is 34.5 Å². The second kappa shape index (κ2) is 12.0. The molecule has 0 spiro atoms. The Balaban J connectivity index is 2.46. The first-order valence-corrected chi connectivity index (χ1v) is 10.0. The van der Waals surface area contributed by atoms with Gasteiger partial charge in [0.05, 0.1) is 47.4 Å². The van der Waals surface area contributed by atoms with Crippen molar-refractivity contribution in [3.63, 3.8) is 0 Å². The minimum atomic E-state index is -1.34. The predicted molar refractivity (Wildman–Crippen MR) is 121 cm³/mol. The number of nitro benzene ring substituents is 2. The third-order valence-corrected chi connectivity index (χ3v) is 4.28. The molecule has 0 aliphatic rings. The van der Waals surface area contributed by atoms with Crippen LogP contribution in [0.4, 0.5) is 38.5 Å². The molecule has 0 radical (unpaired) electrons. The molecule has 2 aromatic rings. The van der Waals surface area contributed by atoms with Crippen molar-refractivity contribution < 1.29 is 33.3 Å². The maximum Gasteiger partial charge on any atom is 0.311 e. The Bertz CT molecular complexity index is 1190. The van der Waals surface area contributed by atoms with E-state index in [-0.39, 0.29) is 36.7 Å². The Morgan fingerprint density at radius 1 is 1.03 bits per heavy atom. The largest absolute Gasteiger partial charge is 0.495 e. The van der Waals surface area contributed by atoms with Gasteiger partial charge in [-0.1, -0.05) is 0 Å². The number of azo groups is 1. The van der Waals surface area contributed by atoms with Crippen LogP contribution in [0.3, 0.4) is 0 Å². The van der Waals surface area contributed by atoms with Gasteiger partial charge in [-0.2, -0.15) is 4.39 Å². The average Bonchev–Trinajstić information content (AvgIpc) is 2.77. The molecule has 0 aromatic heterocycles. The first kappa shape index (κ1) is 26.6. The Morgan fingerprint density at radius 2 is 1.69 bits per heavy atom. The number of methoxy groups -OCH3 is 1. The smallest absolute Gasteiger partial charge is 0.311 e. The van der Waals surface area contributed by atoms with E-state index in [1.54, 1.807) is 6.92 Å². The summed E-state index contributed by atoms with van der Waals surface area (Å²) in [5.41, 5.74) is -2.03. The molecule has 0 saturated carbocycles. The molecular formula is C20H21FN6O8. The van der Waals surface area contributed by atoms with E-state index < -0.39 is 44.6 Å². The van der Waals surface area contributed by atoms with Gasteiger partial charge in [0.25, 0.3) is 0 Å². The van der Waals surface area contributed by atoms with Gasteiger partial charge in [-0.05, 0) is 13.0 Å². The molecular weight excluding hydrogens is 471 g/mol. The topological polar surface area (TPSA) is 188 Å². The molecule has 0 bridgehead atoms. The summed E-state index contributed by atoms with van der Waals surface area (Å²) >= 11 is 0. The zero-order valence-electron chi connectivity index (χ0n) is 18.9. The highest BCUT2D eigenvalue weighted by atomic mass is 19.1. The SMILES string of the molecule is CCOC(=O)CCNc1cc(NC(C)=O)c(N=Nc2cc(F)c([N+](=O)[O-])cc2[N+](=O)[O-])cc1OC. The van der Waals surface area contributed by atoms with Crippen molar-refractivity contribution in [2.45, 2.75) is 20.3 Å². The van der Waals surface area contributed by atoms with Crippen molar-refractivity contribution in [1.82, 2.24) is 0 Å². The van der Waals surface area contributed by atoms with Crippen LogP contribution in [0.5, 0.6) is 5.75 Å². The molecule has 0 fully saturated rings. The van der Waals surface area contributed by atoms with Gasteiger partial charge in [0.2, 0.25) is 11.7 Å². The molecule has 0 aliphatic heterocycles. The van der Waals surface area contributed by atoms with Crippen molar-refractivity contribution in [3.8, 4) is 5.75 Å². The maximum absolute atomic E-state index is 14.0. The van der Waals surface area contributed by atoms with Crippen LogP contribution < -0.4 is 15.4 Å². The number of nitrogens with one attached hydrogen (secondary N) is 2. The maximum atomic E-state index is 14.0. The fourth-order valence-corrected chi connectivity index (χ4v) is 2.80. The molecule has 14 nitrogen and oxygen atoms in total. The second-order valence-electron chi connectivity index (χ2n) is 6.74. The lowest BCUT2D eigenvalue weighted by Crippen LogP contribution is -2.12. The number of carbonyl (C=O) groups excluding carboxylic acids is 2. The van der Waals surface area contributed by atoms with E-state index in [0.29, 0.717) is 17.8 Å². The van der Waals surface area contributed by atoms with Crippen molar-refractivity contribution >= 4 is 46.0 Å². The average molecular weight is 492 g/mol. The van der Waals surface area contributed by atoms with Gasteiger partial charge >= 0.3 is 17.3 Å². The highest BCUT2D eigenvalue weighted by Crippen LogP contribution is 2.39. The van der Waals surface area contributed by atoms with Crippen LogP contribution in [0.1, 0.15) is 20.3 Å². The van der Waals surface area contributed by atoms with Gasteiger partial charge in [0.15, 0.2) is 5.69 Å². The standard InChI is InChI=1S/C20H21FN6O8/c1-4-35-20(29)5-6-22-16-8-13(23-11(2)28)14(9-19(16)34-3)24-25-15-7-12(21)17(26(30)31)10-18(15)27(32)33/h7-10,22H,4-6H2,1-3H3,(H,23,28). The lowest BCUT2D eigenvalue weighted by atomic mass is 10.2. The van der Waals surface area contributed by atoms with Crippen molar-refractivity contribution in [1.29, 1.82) is 0 Å². The number of carbonyl (C=O) groups is 2. The quantitative estimate of drug-likeness (QED) is 0.198. The number of rotatable bonds is 11. The number of anilines is 2. The van der Waals surface area contributed by atoms with Crippen LogP contribution in [0.2, 0.25) is 0 Å². The van der Waals surface area contributed by atoms with Crippen molar-refractivity contribution in [2.75, 3.05) is 30.9 Å². The zero-order chi connectivity index (χ0) is 26.1. The third kappa shape index (κ3) is 7.15. The monoisotopic (exact) mass is 492 g/mol. The summed E-state index contributed by atoms with van der Waals surface area (Å²) in [6.07, 6.45) is 0.0588. The Kier molecular flexibility index (Phi) is 9.08. The number of hydrogen-bond donors (Lipinski definition) is 2. The molecule has 35 heavy (non-hydrogen) atoms. The predicted octanol–water partition coefficient (Wildman–Crippen LogP) is 4.39. The minimum absolute atomic E-state index is 0.0129. The van der Waals surface area contributed by atoms with Gasteiger partial charge in [-0.15, -0.1) is 10.2 Å². The van der Waals surface area contributed by atoms with Gasteiger partial charge in [0, 0.05) is 25.6 Å². The summed E-state index contributed by atoms with van der Waals surface area (Å²) in [6, 6.07) is 3.73. The molecule has 0 saturated heterocycles. The zero-order valence-corrected chi connectivity index (χ0v) is 18.9. The number of benzene rings is 2. The summed E-state index contributed by atoms with van der Waals surface area (Å²) in [7, 11) is 1.35. The summed E-state index contributed by atoms with van der Waals surface area (Å²) in [5, 5.41) is 35.2. The number of nitro groups is 2. The first-order chi connectivity index (χ1) is 16.6. The highest BCUT2D eigenvalue weighted by Gasteiger charge is 2.25. The number of nitrogens with zero attached hydrogens (tertiary/aromatic N) is 4. The highest BCUT2D eigenvalue weighted by molar-refractivity contribution is 5.93. The molecule has 15 heteroatoms. The number of hydrogen-bond acceptors (Lipinski definition) is 11. The molecule has 0 aliphatic carbocycles. The molecule has 186 valence electrons. The minimum Gasteiger partial charge on any atom is -0.495 e. The van der Waals surface area contributed by atoms with Crippen molar-refractivity contribution in [2.24, 2.45) is 10.2 Å². The lowest BCUT2D eigenvalue weighted by Gasteiger charge is -2.15. The van der Waals surface area contributed by atoms with E-state index in [0.717, 1.165) is 0 Å². The van der Waals surface area contributed by atoms with E-state index in [1.165, 1.54) is 26.2 Å². The summed E-state index contributed by atoms with van der Waals surface area (Å²) in [6.45, 7) is 3.34. The summed E-state index contributed by atoms with van der Waals surface area (Å²) in [4.78, 5) is 43.3. The fourth-order valence-electron chi connectivity index (χ4n) is 2.80. The van der Waals surface area contributed by atoms with Crippen LogP contribution in [0.25, 0.3) is 0 Å². The fraction of sp³-hybridized carbons (Fsp3) is 0.300. The van der Waals surface area contributed by atoms with E-state index in [1.807, 2.05) is 0 Å². The molecule has 0 unspecified atom stereocenters. The molecule has 0 atom stereocenters. The normalized spacial score (nSPS) is 10.6. The number of esters is 1. The number of amides is 1. The Hall–Kier alpha value is -4.69. The van der Waals surface area contributed by atoms with E-state index in [9.17, 15) is 34.2 Å². The Labute approximate surface area is 197 Å². The van der Waals surface area contributed by atoms with E-state index >= 15 is 0 Å². The van der Waals surface area contributed by atoms with Gasteiger partial charge in [-0.25, -0.2) is 0 Å². The van der Waals surface area contributed by atoms with Crippen molar-refractivity contribution in [3.05, 3.63) is 50.3 Å². The number of ether oxygens (including phenoxy) is 2. The van der Waals surface area contributed by atoms with Gasteiger partial charge in [0.1, 0.15) is 11.4 Å². The summed E-state index contributed by atoms with van der Waals surface area (Å²) < 4.78 is 24.2. The number of halogens is 1. The first-order valence-electron chi connectivity index (χ1n) is 10.0. The molecule has 2 rings (SSSR count). The lowest BCUT2D eigenvalue weighted by molar-refractivity contribution is -0.395. The van der Waals surface area contributed by atoms with Crippen LogP contribution in [-0.4, -0.2) is 42.0 Å². The Morgan fingerprint density at radius 3 is 2.26 bits per heavy atom. The van der Waals surface area contributed by atoms with Gasteiger partial charge in [-0.3, -0.25) is 29.8 Å². The van der Waals surface area contributed by atoms with Crippen LogP contribution in [-0.2, 0) is 14.3 Å². The molecule has 1 amide bonds. The van der Waals surface area contributed by atoms with Gasteiger partial charge < -0.3 is 20.1 Å².